The lowest BCUT2D eigenvalue weighted by Crippen LogP contribution is -2.39. The van der Waals surface area contributed by atoms with Crippen molar-refractivity contribution in [3.63, 3.8) is 0 Å². The number of carbonyl (C=O) groups excluding carboxylic acids is 2. The molecule has 14 heteroatoms. The smallest absolute Gasteiger partial charge is 0.395 e. The second-order valence-electron chi connectivity index (χ2n) is 8.85. The van der Waals surface area contributed by atoms with Crippen LogP contribution < -0.4 is 5.32 Å². The molecule has 2 aliphatic rings. The third-order valence-electron chi connectivity index (χ3n) is 5.94. The molecule has 2 amide bonds. The molecule has 1 saturated heterocycles. The second kappa shape index (κ2) is 12.0. The fourth-order valence-electron chi connectivity index (χ4n) is 4.07. The van der Waals surface area contributed by atoms with Crippen LogP contribution in [0.25, 0.3) is 0 Å². The number of likely N-dealkylation sites (tertiary alicyclic amines) is 1. The summed E-state index contributed by atoms with van der Waals surface area (Å²) in [7, 11) is 1.65. The zero-order chi connectivity index (χ0) is 27.4. The first-order valence-corrected chi connectivity index (χ1v) is 12.2. The average molecular weight is 553 g/mol. The Morgan fingerprint density at radius 3 is 2.49 bits per heavy atom. The Kier molecular flexibility index (Phi) is 9.42. The molecule has 0 aliphatic carbocycles. The number of halogens is 6. The zero-order valence-corrected chi connectivity index (χ0v) is 20.6. The van der Waals surface area contributed by atoms with E-state index in [9.17, 15) is 35.9 Å². The number of carbonyl (C=O) groups is 2. The standard InChI is InChI=1S/C23H26F6N4O3S/c1-32(8-9-34)13-19(35)30-20-18(37-21(36)31-20)10-14-4-6-33(7-5-14)12-15-2-3-16(22(24,25)26)11-17(15)23(27,28)29/h2-3,10-11,14,34H,4-9,12-13H2,1H3,(H,30,31,35,36)/b18-10-. The first kappa shape index (κ1) is 29.1. The number of aliphatic hydroxyl groups is 1. The number of alkyl halides is 6. The molecule has 1 aromatic rings. The molecule has 3 rings (SSSR count). The van der Waals surface area contributed by atoms with Crippen LogP contribution in [0.1, 0.15) is 29.5 Å². The van der Waals surface area contributed by atoms with E-state index in [4.69, 9.17) is 5.11 Å². The van der Waals surface area contributed by atoms with Crippen molar-refractivity contribution in [3.05, 3.63) is 45.9 Å². The number of aliphatic hydroxyl groups excluding tert-OH is 1. The summed E-state index contributed by atoms with van der Waals surface area (Å²) in [6.45, 7) is 0.832. The Morgan fingerprint density at radius 2 is 1.89 bits per heavy atom. The van der Waals surface area contributed by atoms with Gasteiger partial charge in [0.15, 0.2) is 5.84 Å². The molecule has 2 aliphatic heterocycles. The van der Waals surface area contributed by atoms with Crippen LogP contribution in [-0.4, -0.2) is 71.7 Å². The van der Waals surface area contributed by atoms with Crippen LogP contribution in [0.2, 0.25) is 0 Å². The van der Waals surface area contributed by atoms with Crippen LogP contribution in [0.4, 0.5) is 31.1 Å². The number of amidine groups is 1. The Morgan fingerprint density at radius 1 is 1.22 bits per heavy atom. The number of likely N-dealkylation sites (N-methyl/N-ethyl adjacent to an activating group) is 1. The molecule has 1 aromatic carbocycles. The fourth-order valence-corrected chi connectivity index (χ4v) is 4.85. The van der Waals surface area contributed by atoms with Gasteiger partial charge in [-0.25, -0.2) is 0 Å². The molecule has 1 fully saturated rings. The van der Waals surface area contributed by atoms with Crippen molar-refractivity contribution < 1.29 is 41.0 Å². The minimum absolute atomic E-state index is 0.00598. The van der Waals surface area contributed by atoms with Crippen LogP contribution in [0, 0.1) is 5.92 Å². The third-order valence-corrected chi connectivity index (χ3v) is 6.76. The van der Waals surface area contributed by atoms with E-state index < -0.39 is 34.6 Å². The largest absolute Gasteiger partial charge is 0.416 e. The van der Waals surface area contributed by atoms with Gasteiger partial charge < -0.3 is 10.4 Å². The number of aliphatic imine (C=N–C) groups is 1. The molecule has 0 saturated carbocycles. The molecule has 2 heterocycles. The lowest BCUT2D eigenvalue weighted by atomic mass is 9.95. The van der Waals surface area contributed by atoms with Crippen LogP contribution in [0.5, 0.6) is 0 Å². The molecule has 2 N–H and O–H groups in total. The van der Waals surface area contributed by atoms with Gasteiger partial charge in [0.25, 0.3) is 0 Å². The monoisotopic (exact) mass is 552 g/mol. The number of rotatable bonds is 7. The first-order chi connectivity index (χ1) is 17.3. The fraction of sp³-hybridized carbons (Fsp3) is 0.522. The molecule has 0 aromatic heterocycles. The van der Waals surface area contributed by atoms with Gasteiger partial charge in [-0.2, -0.15) is 31.3 Å². The van der Waals surface area contributed by atoms with Gasteiger partial charge in [0.1, 0.15) is 0 Å². The number of allylic oxidation sites excluding steroid dienone is 1. The van der Waals surface area contributed by atoms with Crippen molar-refractivity contribution in [1.82, 2.24) is 15.1 Å². The lowest BCUT2D eigenvalue weighted by Gasteiger charge is -2.31. The SMILES string of the molecule is CN(CCO)CC(=O)NC1=NC(=O)S/C1=C\C1CCN(Cc2ccc(C(F)(F)F)cc2C(F)(F)F)CC1. The maximum Gasteiger partial charge on any atom is 0.416 e. The molecular formula is C23H26F6N4O3S. The molecule has 37 heavy (non-hydrogen) atoms. The highest BCUT2D eigenvalue weighted by Gasteiger charge is 2.38. The van der Waals surface area contributed by atoms with Gasteiger partial charge in [-0.3, -0.25) is 19.4 Å². The van der Waals surface area contributed by atoms with Gasteiger partial charge >= 0.3 is 17.6 Å². The zero-order valence-electron chi connectivity index (χ0n) is 19.8. The van der Waals surface area contributed by atoms with Crippen molar-refractivity contribution in [3.8, 4) is 0 Å². The Hall–Kier alpha value is -2.42. The van der Waals surface area contributed by atoms with Gasteiger partial charge in [0.05, 0.1) is 29.2 Å². The minimum atomic E-state index is -4.92. The molecule has 0 spiro atoms. The summed E-state index contributed by atoms with van der Waals surface area (Å²) in [5.74, 6) is -0.291. The maximum absolute atomic E-state index is 13.4. The number of piperidine rings is 1. The molecule has 0 radical (unpaired) electrons. The summed E-state index contributed by atoms with van der Waals surface area (Å²) < 4.78 is 79.1. The summed E-state index contributed by atoms with van der Waals surface area (Å²) >= 11 is 0.869. The number of hydrogen-bond acceptors (Lipinski definition) is 6. The average Bonchev–Trinajstić information content (AvgIpc) is 3.12. The Labute approximate surface area is 213 Å². The van der Waals surface area contributed by atoms with E-state index in [-0.39, 0.29) is 43.1 Å². The third kappa shape index (κ3) is 8.28. The van der Waals surface area contributed by atoms with E-state index in [2.05, 4.69) is 10.3 Å². The summed E-state index contributed by atoms with van der Waals surface area (Å²) in [5.41, 5.74) is -2.87. The number of amides is 2. The van der Waals surface area contributed by atoms with E-state index in [0.717, 1.165) is 17.8 Å². The van der Waals surface area contributed by atoms with Crippen molar-refractivity contribution in [2.45, 2.75) is 31.7 Å². The molecular weight excluding hydrogens is 526 g/mol. The quantitative estimate of drug-likeness (QED) is 0.495. The van der Waals surface area contributed by atoms with E-state index in [1.807, 2.05) is 6.08 Å². The van der Waals surface area contributed by atoms with Gasteiger partial charge in [-0.05, 0) is 68.4 Å². The summed E-state index contributed by atoms with van der Waals surface area (Å²) in [4.78, 5) is 31.7. The predicted octanol–water partition coefficient (Wildman–Crippen LogP) is 4.13. The molecule has 0 bridgehead atoms. The molecule has 204 valence electrons. The molecule has 0 atom stereocenters. The van der Waals surface area contributed by atoms with Crippen molar-refractivity contribution >= 4 is 28.7 Å². The molecule has 0 unspecified atom stereocenters. The maximum atomic E-state index is 13.4. The number of thioether (sulfide) groups is 1. The highest BCUT2D eigenvalue weighted by molar-refractivity contribution is 8.18. The van der Waals surface area contributed by atoms with Crippen LogP contribution in [0.15, 0.2) is 34.2 Å². The van der Waals surface area contributed by atoms with Crippen LogP contribution in [0.3, 0.4) is 0 Å². The molecule has 7 nitrogen and oxygen atoms in total. The summed E-state index contributed by atoms with van der Waals surface area (Å²) in [6, 6.07) is 1.69. The summed E-state index contributed by atoms with van der Waals surface area (Å²) in [6.07, 6.45) is -6.90. The van der Waals surface area contributed by atoms with Crippen LogP contribution in [-0.2, 0) is 23.7 Å². The number of hydrogen-bond donors (Lipinski definition) is 2. The van der Waals surface area contributed by atoms with E-state index >= 15 is 0 Å². The van der Waals surface area contributed by atoms with E-state index in [1.165, 1.54) is 0 Å². The van der Waals surface area contributed by atoms with Gasteiger partial charge in [-0.1, -0.05) is 12.1 Å². The van der Waals surface area contributed by atoms with Gasteiger partial charge in [-0.15, -0.1) is 0 Å². The predicted molar refractivity (Wildman–Crippen MR) is 126 cm³/mol. The van der Waals surface area contributed by atoms with E-state index in [0.29, 0.717) is 43.4 Å². The van der Waals surface area contributed by atoms with Gasteiger partial charge in [0.2, 0.25) is 5.91 Å². The highest BCUT2D eigenvalue weighted by Crippen LogP contribution is 2.38. The van der Waals surface area contributed by atoms with Crippen molar-refractivity contribution in [2.75, 3.05) is 39.8 Å². The first-order valence-electron chi connectivity index (χ1n) is 11.4. The topological polar surface area (TPSA) is 85.2 Å². The highest BCUT2D eigenvalue weighted by atomic mass is 32.2. The Balaban J connectivity index is 1.62. The lowest BCUT2D eigenvalue weighted by molar-refractivity contribution is -0.143. The number of nitrogens with zero attached hydrogens (tertiary/aromatic N) is 3. The Bertz CT molecular complexity index is 1070. The van der Waals surface area contributed by atoms with E-state index in [1.54, 1.807) is 16.8 Å². The summed E-state index contributed by atoms with van der Waals surface area (Å²) in [5, 5.41) is 11.0. The number of benzene rings is 1. The van der Waals surface area contributed by atoms with Gasteiger partial charge in [0, 0.05) is 13.1 Å². The van der Waals surface area contributed by atoms with Crippen molar-refractivity contribution in [1.29, 1.82) is 0 Å². The minimum Gasteiger partial charge on any atom is -0.395 e. The van der Waals surface area contributed by atoms with Crippen molar-refractivity contribution in [2.24, 2.45) is 10.9 Å². The normalized spacial score (nSPS) is 19.1. The van der Waals surface area contributed by atoms with Crippen LogP contribution >= 0.6 is 11.8 Å². The second-order valence-corrected chi connectivity index (χ2v) is 9.84. The number of nitrogens with one attached hydrogen (secondary N) is 1.